The van der Waals surface area contributed by atoms with Gasteiger partial charge in [-0.15, -0.1) is 0 Å². The van der Waals surface area contributed by atoms with Crippen LogP contribution in [0.15, 0.2) is 29.1 Å². The number of benzene rings is 2. The van der Waals surface area contributed by atoms with E-state index in [2.05, 4.69) is 32.1 Å². The highest BCUT2D eigenvalue weighted by Crippen LogP contribution is 2.46. The van der Waals surface area contributed by atoms with Gasteiger partial charge < -0.3 is 34.1 Å². The highest BCUT2D eigenvalue weighted by Gasteiger charge is 2.26. The average molecular weight is 542 g/mol. The van der Waals surface area contributed by atoms with Crippen LogP contribution < -0.4 is 25.2 Å². The molecule has 202 valence electrons. The van der Waals surface area contributed by atoms with Crippen LogP contribution in [-0.4, -0.2) is 79.5 Å². The lowest BCUT2D eigenvalue weighted by atomic mass is 9.97. The molecule has 0 saturated carbocycles. The minimum atomic E-state index is -0.481. The zero-order chi connectivity index (χ0) is 26.1. The van der Waals surface area contributed by atoms with Gasteiger partial charge in [-0.3, -0.25) is 4.90 Å². The third-order valence-corrected chi connectivity index (χ3v) is 7.68. The summed E-state index contributed by atoms with van der Waals surface area (Å²) >= 11 is 6.53. The van der Waals surface area contributed by atoms with Crippen molar-refractivity contribution in [3.8, 4) is 17.2 Å². The van der Waals surface area contributed by atoms with Crippen LogP contribution in [0, 0.1) is 0 Å². The fourth-order valence-electron chi connectivity index (χ4n) is 5.26. The van der Waals surface area contributed by atoms with Crippen LogP contribution in [0.2, 0.25) is 5.02 Å². The Morgan fingerprint density at radius 1 is 1.18 bits per heavy atom. The number of nitrogens with zero attached hydrogens (tertiary/aromatic N) is 3. The van der Waals surface area contributed by atoms with E-state index in [9.17, 15) is 4.79 Å². The Labute approximate surface area is 225 Å². The van der Waals surface area contributed by atoms with E-state index >= 15 is 0 Å². The van der Waals surface area contributed by atoms with E-state index in [1.807, 2.05) is 12.1 Å². The van der Waals surface area contributed by atoms with Crippen LogP contribution in [0.25, 0.3) is 10.9 Å². The van der Waals surface area contributed by atoms with Crippen molar-refractivity contribution in [1.29, 1.82) is 0 Å². The van der Waals surface area contributed by atoms with Gasteiger partial charge in [0.1, 0.15) is 23.9 Å². The molecule has 10 nitrogen and oxygen atoms in total. The molecule has 2 fully saturated rings. The van der Waals surface area contributed by atoms with Gasteiger partial charge in [-0.1, -0.05) is 11.6 Å². The first-order chi connectivity index (χ1) is 18.5. The minimum Gasteiger partial charge on any atom is -0.492 e. The van der Waals surface area contributed by atoms with E-state index in [0.717, 1.165) is 62.9 Å². The molecule has 0 aliphatic carbocycles. The van der Waals surface area contributed by atoms with Crippen LogP contribution in [-0.2, 0) is 4.74 Å². The van der Waals surface area contributed by atoms with Gasteiger partial charge in [0.25, 0.3) is 0 Å². The molecule has 2 aromatic carbocycles. The van der Waals surface area contributed by atoms with E-state index in [4.69, 9.17) is 30.5 Å². The second kappa shape index (κ2) is 11.0. The Kier molecular flexibility index (Phi) is 7.29. The quantitative estimate of drug-likeness (QED) is 0.461. The zero-order valence-corrected chi connectivity index (χ0v) is 22.2. The second-order valence-electron chi connectivity index (χ2n) is 9.96. The summed E-state index contributed by atoms with van der Waals surface area (Å²) in [6, 6.07) is 7.36. The molecule has 1 atom stereocenters. The molecule has 0 bridgehead atoms. The van der Waals surface area contributed by atoms with Crippen molar-refractivity contribution in [3.05, 3.63) is 45.3 Å². The molecule has 2 N–H and O–H groups in total. The maximum absolute atomic E-state index is 12.7. The van der Waals surface area contributed by atoms with E-state index in [1.54, 1.807) is 12.1 Å². The number of hydrogen-bond donors (Lipinski definition) is 2. The summed E-state index contributed by atoms with van der Waals surface area (Å²) in [5.74, 6) is 2.15. The summed E-state index contributed by atoms with van der Waals surface area (Å²) in [7, 11) is 2.15. The van der Waals surface area contributed by atoms with E-state index in [-0.39, 0.29) is 12.9 Å². The molecule has 4 heterocycles. The van der Waals surface area contributed by atoms with Crippen molar-refractivity contribution in [2.45, 2.75) is 25.4 Å². The highest BCUT2D eigenvalue weighted by atomic mass is 35.5. The van der Waals surface area contributed by atoms with Gasteiger partial charge in [0, 0.05) is 50.8 Å². The first-order valence-electron chi connectivity index (χ1n) is 13.1. The molecule has 38 heavy (non-hydrogen) atoms. The first-order valence-corrected chi connectivity index (χ1v) is 13.5. The molecule has 0 amide bonds. The zero-order valence-electron chi connectivity index (χ0n) is 21.4. The number of piperazine rings is 1. The second-order valence-corrected chi connectivity index (χ2v) is 10.4. The van der Waals surface area contributed by atoms with Crippen LogP contribution in [0.1, 0.15) is 30.9 Å². The minimum absolute atomic E-state index is 0.101. The summed E-state index contributed by atoms with van der Waals surface area (Å²) in [6.07, 6.45) is 2.82. The molecule has 3 aliphatic rings. The number of H-pyrrole nitrogens is 1. The van der Waals surface area contributed by atoms with Crippen molar-refractivity contribution in [3.63, 3.8) is 0 Å². The largest absolute Gasteiger partial charge is 0.492 e. The van der Waals surface area contributed by atoms with Crippen LogP contribution in [0.5, 0.6) is 17.2 Å². The van der Waals surface area contributed by atoms with Gasteiger partial charge in [-0.25, -0.2) is 4.79 Å². The molecule has 2 saturated heterocycles. The molecule has 1 unspecified atom stereocenters. The Morgan fingerprint density at radius 2 is 2.05 bits per heavy atom. The smallest absolute Gasteiger partial charge is 0.347 e. The Bertz CT molecular complexity index is 1370. The summed E-state index contributed by atoms with van der Waals surface area (Å²) < 4.78 is 23.6. The molecular formula is C27H32ClN5O5. The lowest BCUT2D eigenvalue weighted by Gasteiger charge is -2.32. The number of halogens is 1. The molecule has 11 heteroatoms. The predicted octanol–water partition coefficient (Wildman–Crippen LogP) is 3.92. The summed E-state index contributed by atoms with van der Waals surface area (Å²) in [5.41, 5.74) is 1.56. The van der Waals surface area contributed by atoms with Crippen molar-refractivity contribution in [2.24, 2.45) is 0 Å². The fourth-order valence-corrected chi connectivity index (χ4v) is 5.46. The molecule has 0 spiro atoms. The number of aromatic amines is 1. The summed E-state index contributed by atoms with van der Waals surface area (Å²) in [5, 5.41) is 4.46. The standard InChI is InChI=1S/C27H32ClN5O5/c1-32-7-9-33(10-8-32)11-13-35-17-14-18(21-4-2-3-12-36-21)23-20(15-17)29-27(34)31-26(23)30-24-19(28)5-6-22-25(24)38-16-37-22/h5-6,14-15,21H,2-4,7-13,16H2,1H3,(H2,29,30,31,34). The number of likely N-dealkylation sites (N-methyl/N-ethyl adjacent to an activating group) is 1. The number of ether oxygens (including phenoxy) is 4. The van der Waals surface area contributed by atoms with Crippen molar-refractivity contribution in [2.75, 3.05) is 65.1 Å². The average Bonchev–Trinajstić information content (AvgIpc) is 3.40. The third-order valence-electron chi connectivity index (χ3n) is 7.36. The third kappa shape index (κ3) is 5.26. The molecule has 1 aromatic heterocycles. The topological polar surface area (TPSA) is 101 Å². The van der Waals surface area contributed by atoms with E-state index in [1.165, 1.54) is 0 Å². The van der Waals surface area contributed by atoms with Gasteiger partial charge in [-0.05, 0) is 50.1 Å². The summed E-state index contributed by atoms with van der Waals surface area (Å²) in [4.78, 5) is 24.6. The normalized spacial score (nSPS) is 20.1. The first kappa shape index (κ1) is 25.2. The number of anilines is 2. The van der Waals surface area contributed by atoms with Gasteiger partial charge in [-0.2, -0.15) is 4.98 Å². The maximum Gasteiger partial charge on any atom is 0.347 e. The predicted molar refractivity (Wildman–Crippen MR) is 145 cm³/mol. The van der Waals surface area contributed by atoms with Gasteiger partial charge >= 0.3 is 5.69 Å². The Balaban J connectivity index is 1.35. The number of nitrogens with one attached hydrogen (secondary N) is 2. The molecular weight excluding hydrogens is 510 g/mol. The van der Waals surface area contributed by atoms with Gasteiger partial charge in [0.15, 0.2) is 11.5 Å². The van der Waals surface area contributed by atoms with Crippen LogP contribution >= 0.6 is 11.6 Å². The highest BCUT2D eigenvalue weighted by molar-refractivity contribution is 6.34. The number of fused-ring (bicyclic) bond motifs is 2. The van der Waals surface area contributed by atoms with Crippen molar-refractivity contribution in [1.82, 2.24) is 19.8 Å². The van der Waals surface area contributed by atoms with Gasteiger partial charge in [0.2, 0.25) is 6.79 Å². The number of aromatic nitrogens is 2. The van der Waals surface area contributed by atoms with Crippen LogP contribution in [0.3, 0.4) is 0 Å². The number of rotatable bonds is 7. The fraction of sp³-hybridized carbons (Fsp3) is 0.481. The van der Waals surface area contributed by atoms with Crippen molar-refractivity contribution >= 4 is 34.0 Å². The lowest BCUT2D eigenvalue weighted by molar-refractivity contribution is 0.0157. The monoisotopic (exact) mass is 541 g/mol. The van der Waals surface area contributed by atoms with Crippen LogP contribution in [0.4, 0.5) is 11.5 Å². The molecule has 6 rings (SSSR count). The van der Waals surface area contributed by atoms with Crippen molar-refractivity contribution < 1.29 is 18.9 Å². The Hall–Kier alpha value is -3.05. The number of hydrogen-bond acceptors (Lipinski definition) is 9. The maximum atomic E-state index is 12.7. The molecule has 0 radical (unpaired) electrons. The Morgan fingerprint density at radius 3 is 2.87 bits per heavy atom. The van der Waals surface area contributed by atoms with E-state index < -0.39 is 5.69 Å². The molecule has 3 aliphatic heterocycles. The van der Waals surface area contributed by atoms with Gasteiger partial charge in [0.05, 0.1) is 16.6 Å². The SMILES string of the molecule is CN1CCN(CCOc2cc(C3CCCCO3)c3c(Nc4c(Cl)ccc5c4OCO5)nc(=O)[nH]c3c2)CC1. The molecule has 3 aromatic rings. The van der Waals surface area contributed by atoms with E-state index in [0.29, 0.717) is 52.5 Å². The lowest BCUT2D eigenvalue weighted by Crippen LogP contribution is -2.45. The summed E-state index contributed by atoms with van der Waals surface area (Å²) in [6.45, 7) is 6.39.